The molecule has 0 atom stereocenters. The lowest BCUT2D eigenvalue weighted by Gasteiger charge is -2.24. The van der Waals surface area contributed by atoms with E-state index in [1.807, 2.05) is 13.8 Å². The Morgan fingerprint density at radius 1 is 1.23 bits per heavy atom. The fourth-order valence-electron chi connectivity index (χ4n) is 2.47. The van der Waals surface area contributed by atoms with Crippen LogP contribution in [0.3, 0.4) is 0 Å². The highest BCUT2D eigenvalue weighted by atomic mass is 35.5. The first-order valence-electron chi connectivity index (χ1n) is 8.99. The van der Waals surface area contributed by atoms with Crippen molar-refractivity contribution in [3.05, 3.63) is 59.4 Å². The molecule has 3 rings (SSSR count). The fourth-order valence-corrected chi connectivity index (χ4v) is 6.07. The van der Waals surface area contributed by atoms with Crippen LogP contribution in [-0.2, 0) is 14.8 Å². The number of nitrogens with one attached hydrogen (secondary N) is 1. The molecule has 0 bridgehead atoms. The second-order valence-electron chi connectivity index (χ2n) is 6.51. The summed E-state index contributed by atoms with van der Waals surface area (Å²) in [6.07, 6.45) is 0. The lowest BCUT2D eigenvalue weighted by atomic mass is 10.3. The maximum absolute atomic E-state index is 13.6. The summed E-state index contributed by atoms with van der Waals surface area (Å²) < 4.78 is 41.6. The van der Waals surface area contributed by atoms with Crippen LogP contribution >= 0.6 is 34.7 Å². The Morgan fingerprint density at radius 2 is 1.94 bits per heavy atom. The first kappa shape index (κ1) is 23.5. The zero-order valence-corrected chi connectivity index (χ0v) is 19.7. The number of carbonyl (C=O) groups excluding carboxylic acids is 1. The molecule has 1 aromatic heterocycles. The van der Waals surface area contributed by atoms with Crippen molar-refractivity contribution in [1.82, 2.24) is 10.2 Å². The Hall–Kier alpha value is -2.21. The average Bonchev–Trinajstić information content (AvgIpc) is 3.14. The molecule has 12 heteroatoms. The van der Waals surface area contributed by atoms with Gasteiger partial charge in [-0.1, -0.05) is 66.7 Å². The zero-order chi connectivity index (χ0) is 22.6. The van der Waals surface area contributed by atoms with Crippen molar-refractivity contribution in [2.24, 2.45) is 0 Å². The molecule has 3 aromatic rings. The lowest BCUT2D eigenvalue weighted by molar-refractivity contribution is -0.114. The molecule has 164 valence electrons. The summed E-state index contributed by atoms with van der Waals surface area (Å²) in [6, 6.07) is 11.1. The number of halogens is 2. The van der Waals surface area contributed by atoms with Crippen LogP contribution in [0.2, 0.25) is 5.02 Å². The van der Waals surface area contributed by atoms with Gasteiger partial charge in [0.05, 0.1) is 15.6 Å². The van der Waals surface area contributed by atoms with E-state index in [1.54, 1.807) is 18.2 Å². The van der Waals surface area contributed by atoms with Gasteiger partial charge in [-0.3, -0.25) is 14.4 Å². The van der Waals surface area contributed by atoms with E-state index >= 15 is 0 Å². The minimum atomic E-state index is -4.13. The van der Waals surface area contributed by atoms with E-state index in [1.165, 1.54) is 41.3 Å². The molecule has 7 nitrogen and oxygen atoms in total. The molecule has 0 aliphatic heterocycles. The van der Waals surface area contributed by atoms with Crippen LogP contribution in [0, 0.1) is 5.82 Å². The number of anilines is 2. The third-order valence-corrected chi connectivity index (χ3v) is 7.80. The summed E-state index contributed by atoms with van der Waals surface area (Å²) in [6.45, 7) is 3.44. The van der Waals surface area contributed by atoms with Gasteiger partial charge in [-0.2, -0.15) is 0 Å². The Bertz CT molecular complexity index is 1170. The standard InChI is InChI=1S/C19H18ClFN4O3S3/c1-12(2)29-19-24-23-18(30-19)22-17(26)11-25(13-8-9-16(21)15(20)10-13)31(27,28)14-6-4-3-5-7-14/h3-10,12H,11H2,1-2H3,(H,22,23,26). The number of amides is 1. The Labute approximate surface area is 192 Å². The molecule has 31 heavy (non-hydrogen) atoms. The number of rotatable bonds is 8. The maximum Gasteiger partial charge on any atom is 0.264 e. The Balaban J connectivity index is 1.88. The predicted octanol–water partition coefficient (Wildman–Crippen LogP) is 4.67. The summed E-state index contributed by atoms with van der Waals surface area (Å²) in [5.74, 6) is -1.33. The Morgan fingerprint density at radius 3 is 2.58 bits per heavy atom. The molecule has 1 amide bonds. The van der Waals surface area contributed by atoms with E-state index in [9.17, 15) is 17.6 Å². The number of nitrogens with zero attached hydrogens (tertiary/aromatic N) is 3. The number of hydrogen-bond acceptors (Lipinski definition) is 7. The third kappa shape index (κ3) is 5.94. The molecule has 0 saturated carbocycles. The highest BCUT2D eigenvalue weighted by molar-refractivity contribution is 8.01. The van der Waals surface area contributed by atoms with Gasteiger partial charge in [-0.05, 0) is 30.3 Å². The van der Waals surface area contributed by atoms with Crippen LogP contribution in [0.5, 0.6) is 0 Å². The van der Waals surface area contributed by atoms with E-state index in [0.717, 1.165) is 16.4 Å². The summed E-state index contributed by atoms with van der Waals surface area (Å²) >= 11 is 8.54. The van der Waals surface area contributed by atoms with Crippen molar-refractivity contribution < 1.29 is 17.6 Å². The quantitative estimate of drug-likeness (QED) is 0.357. The number of thioether (sulfide) groups is 1. The van der Waals surface area contributed by atoms with Gasteiger partial charge in [0.1, 0.15) is 12.4 Å². The molecule has 0 aliphatic rings. The second-order valence-corrected chi connectivity index (χ2v) is 11.6. The summed E-state index contributed by atoms with van der Waals surface area (Å²) in [5, 5.41) is 10.8. The minimum Gasteiger partial charge on any atom is -0.299 e. The van der Waals surface area contributed by atoms with Crippen LogP contribution in [0.15, 0.2) is 57.8 Å². The molecule has 0 fully saturated rings. The van der Waals surface area contributed by atoms with E-state index in [-0.39, 0.29) is 20.7 Å². The van der Waals surface area contributed by atoms with E-state index < -0.39 is 28.3 Å². The molecule has 0 radical (unpaired) electrons. The number of aromatic nitrogens is 2. The first-order chi connectivity index (χ1) is 14.7. The lowest BCUT2D eigenvalue weighted by Crippen LogP contribution is -2.38. The van der Waals surface area contributed by atoms with Crippen molar-refractivity contribution in [3.63, 3.8) is 0 Å². The van der Waals surface area contributed by atoms with Crippen molar-refractivity contribution in [3.8, 4) is 0 Å². The van der Waals surface area contributed by atoms with Crippen molar-refractivity contribution in [1.29, 1.82) is 0 Å². The third-order valence-electron chi connectivity index (χ3n) is 3.80. The van der Waals surface area contributed by atoms with Crippen molar-refractivity contribution >= 4 is 61.4 Å². The largest absolute Gasteiger partial charge is 0.299 e. The number of benzene rings is 2. The smallest absolute Gasteiger partial charge is 0.264 e. The van der Waals surface area contributed by atoms with Gasteiger partial charge in [0.2, 0.25) is 11.0 Å². The second kappa shape index (κ2) is 9.94. The molecule has 1 N–H and O–H groups in total. The zero-order valence-electron chi connectivity index (χ0n) is 16.5. The molecule has 0 unspecified atom stereocenters. The van der Waals surface area contributed by atoms with Gasteiger partial charge in [0.25, 0.3) is 10.0 Å². The van der Waals surface area contributed by atoms with Gasteiger partial charge in [0, 0.05) is 5.25 Å². The van der Waals surface area contributed by atoms with Crippen LogP contribution in [0.1, 0.15) is 13.8 Å². The fraction of sp³-hybridized carbons (Fsp3) is 0.211. The highest BCUT2D eigenvalue weighted by Crippen LogP contribution is 2.30. The summed E-state index contributed by atoms with van der Waals surface area (Å²) in [7, 11) is -4.13. The summed E-state index contributed by atoms with van der Waals surface area (Å²) in [5.41, 5.74) is 0.0544. The molecule has 0 spiro atoms. The molecule has 1 heterocycles. The normalized spacial score (nSPS) is 11.5. The maximum atomic E-state index is 13.6. The summed E-state index contributed by atoms with van der Waals surface area (Å²) in [4.78, 5) is 12.6. The topological polar surface area (TPSA) is 92.3 Å². The van der Waals surface area contributed by atoms with E-state index in [0.29, 0.717) is 9.59 Å². The molecule has 2 aromatic carbocycles. The molecular weight excluding hydrogens is 483 g/mol. The SMILES string of the molecule is CC(C)Sc1nnc(NC(=O)CN(c2ccc(F)c(Cl)c2)S(=O)(=O)c2ccccc2)s1. The van der Waals surface area contributed by atoms with Gasteiger partial charge in [-0.15, -0.1) is 10.2 Å². The number of carbonyl (C=O) groups is 1. The number of hydrogen-bond donors (Lipinski definition) is 1. The van der Waals surface area contributed by atoms with Crippen LogP contribution in [0.25, 0.3) is 0 Å². The van der Waals surface area contributed by atoms with Crippen LogP contribution < -0.4 is 9.62 Å². The molecule has 0 aliphatic carbocycles. The van der Waals surface area contributed by atoms with Crippen molar-refractivity contribution in [2.75, 3.05) is 16.2 Å². The van der Waals surface area contributed by atoms with E-state index in [4.69, 9.17) is 11.6 Å². The minimum absolute atomic E-state index is 0.0187. The average molecular weight is 501 g/mol. The monoisotopic (exact) mass is 500 g/mol. The first-order valence-corrected chi connectivity index (χ1v) is 12.5. The molecule has 0 saturated heterocycles. The van der Waals surface area contributed by atoms with Crippen LogP contribution in [0.4, 0.5) is 15.2 Å². The van der Waals surface area contributed by atoms with Gasteiger partial charge in [-0.25, -0.2) is 12.8 Å². The molecular formula is C19H18ClFN4O3S3. The Kier molecular flexibility index (Phi) is 7.52. The van der Waals surface area contributed by atoms with Crippen LogP contribution in [-0.4, -0.2) is 36.3 Å². The van der Waals surface area contributed by atoms with Gasteiger partial charge >= 0.3 is 0 Å². The predicted molar refractivity (Wildman–Crippen MR) is 122 cm³/mol. The highest BCUT2D eigenvalue weighted by Gasteiger charge is 2.28. The van der Waals surface area contributed by atoms with Crippen molar-refractivity contribution in [2.45, 2.75) is 28.3 Å². The number of sulfonamides is 1. The van der Waals surface area contributed by atoms with Gasteiger partial charge in [0.15, 0.2) is 4.34 Å². The van der Waals surface area contributed by atoms with Gasteiger partial charge < -0.3 is 0 Å². The van der Waals surface area contributed by atoms with E-state index in [2.05, 4.69) is 15.5 Å².